The van der Waals surface area contributed by atoms with Gasteiger partial charge in [0.25, 0.3) is 5.56 Å². The molecule has 0 fully saturated rings. The summed E-state index contributed by atoms with van der Waals surface area (Å²) in [5, 5.41) is 4.28. The van der Waals surface area contributed by atoms with E-state index in [-0.39, 0.29) is 17.2 Å². The minimum atomic E-state index is -0.124. The quantitative estimate of drug-likeness (QED) is 0.261. The molecule has 0 spiro atoms. The van der Waals surface area contributed by atoms with E-state index in [4.69, 9.17) is 4.98 Å². The Bertz CT molecular complexity index is 1210. The van der Waals surface area contributed by atoms with E-state index in [2.05, 4.69) is 30.6 Å². The summed E-state index contributed by atoms with van der Waals surface area (Å²) in [5.41, 5.74) is 3.06. The van der Waals surface area contributed by atoms with Gasteiger partial charge in [0.1, 0.15) is 4.83 Å². The highest BCUT2D eigenvalue weighted by atomic mass is 32.2. The van der Waals surface area contributed by atoms with Gasteiger partial charge in [0.2, 0.25) is 5.91 Å². The van der Waals surface area contributed by atoms with Crippen LogP contribution >= 0.6 is 23.1 Å². The Morgan fingerprint density at radius 3 is 2.67 bits per heavy atom. The summed E-state index contributed by atoms with van der Waals surface area (Å²) < 4.78 is 1.65. The summed E-state index contributed by atoms with van der Waals surface area (Å²) in [4.78, 5) is 35.1. The van der Waals surface area contributed by atoms with E-state index in [1.54, 1.807) is 22.0 Å². The van der Waals surface area contributed by atoms with Crippen LogP contribution in [0.3, 0.4) is 0 Å². The maximum absolute atomic E-state index is 13.3. The van der Waals surface area contributed by atoms with Crippen molar-refractivity contribution in [1.82, 2.24) is 9.55 Å². The van der Waals surface area contributed by atoms with Crippen LogP contribution < -0.4 is 15.8 Å². The number of carbonyl (C=O) groups excluding carboxylic acids is 1. The fourth-order valence-electron chi connectivity index (χ4n) is 4.29. The van der Waals surface area contributed by atoms with Crippen LogP contribution in [-0.2, 0) is 24.2 Å². The first-order chi connectivity index (χ1) is 16.0. The molecule has 1 aliphatic rings. The van der Waals surface area contributed by atoms with Crippen molar-refractivity contribution in [2.75, 3.05) is 29.1 Å². The highest BCUT2D eigenvalue weighted by molar-refractivity contribution is 7.99. The van der Waals surface area contributed by atoms with E-state index in [9.17, 15) is 9.59 Å². The lowest BCUT2D eigenvalue weighted by Gasteiger charge is -2.21. The number of thiophene rings is 1. The molecular formula is C25H30N4O2S2. The second-order valence-electron chi connectivity index (χ2n) is 8.05. The van der Waals surface area contributed by atoms with Crippen molar-refractivity contribution in [3.63, 3.8) is 0 Å². The summed E-state index contributed by atoms with van der Waals surface area (Å²) in [5.74, 6) is 0.0541. The molecule has 174 valence electrons. The fourth-order valence-corrected chi connectivity index (χ4v) is 6.40. The maximum Gasteiger partial charge on any atom is 0.263 e. The van der Waals surface area contributed by atoms with E-state index in [1.807, 2.05) is 24.3 Å². The van der Waals surface area contributed by atoms with E-state index >= 15 is 0 Å². The lowest BCUT2D eigenvalue weighted by molar-refractivity contribution is -0.113. The molecule has 8 heteroatoms. The molecule has 0 saturated carbocycles. The standard InChI is InChI=1S/C25H30N4O2S2/c1-4-15-29-24(31)22-19-9-7-8-10-20(19)33-23(22)27-25(29)32-16-21(30)26-17-11-13-18(14-12-17)28(5-2)6-3/h4,11-14H,1,5-10,15-16H2,2-3H3,(H,26,30). The molecule has 33 heavy (non-hydrogen) atoms. The van der Waals surface area contributed by atoms with Crippen LogP contribution in [0, 0.1) is 0 Å². The third kappa shape index (κ3) is 5.01. The Morgan fingerprint density at radius 2 is 1.97 bits per heavy atom. The van der Waals surface area contributed by atoms with E-state index in [1.165, 1.54) is 28.6 Å². The second kappa shape index (κ2) is 10.6. The van der Waals surface area contributed by atoms with Gasteiger partial charge in [-0.1, -0.05) is 17.8 Å². The lowest BCUT2D eigenvalue weighted by atomic mass is 9.97. The third-order valence-corrected chi connectivity index (χ3v) is 8.13. The first-order valence-corrected chi connectivity index (χ1v) is 13.3. The molecule has 3 aromatic rings. The number of carbonyl (C=O) groups is 1. The van der Waals surface area contributed by atoms with Crippen LogP contribution in [0.25, 0.3) is 10.2 Å². The van der Waals surface area contributed by atoms with Crippen LogP contribution in [0.4, 0.5) is 11.4 Å². The average molecular weight is 483 g/mol. The minimum Gasteiger partial charge on any atom is -0.372 e. The third-order valence-electron chi connectivity index (χ3n) is 5.96. The number of aryl methyl sites for hydroxylation is 2. The van der Waals surface area contributed by atoms with Crippen LogP contribution in [0.5, 0.6) is 0 Å². The molecule has 4 rings (SSSR count). The lowest BCUT2D eigenvalue weighted by Crippen LogP contribution is -2.24. The van der Waals surface area contributed by atoms with Crippen LogP contribution in [0.1, 0.15) is 37.1 Å². The Morgan fingerprint density at radius 1 is 1.24 bits per heavy atom. The Kier molecular flexibility index (Phi) is 7.55. The maximum atomic E-state index is 13.3. The Hall–Kier alpha value is -2.58. The van der Waals surface area contributed by atoms with Crippen molar-refractivity contribution in [3.05, 3.63) is 57.7 Å². The molecule has 2 heterocycles. The second-order valence-corrected chi connectivity index (χ2v) is 10.1. The predicted octanol–water partition coefficient (Wildman–Crippen LogP) is 5.10. The largest absolute Gasteiger partial charge is 0.372 e. The number of aromatic nitrogens is 2. The number of benzene rings is 1. The van der Waals surface area contributed by atoms with E-state index in [0.29, 0.717) is 11.7 Å². The number of hydrogen-bond acceptors (Lipinski definition) is 6. The average Bonchev–Trinajstić information content (AvgIpc) is 3.20. The summed E-state index contributed by atoms with van der Waals surface area (Å²) in [7, 11) is 0. The molecule has 1 amide bonds. The van der Waals surface area contributed by atoms with Crippen molar-refractivity contribution >= 4 is 50.6 Å². The highest BCUT2D eigenvalue weighted by Crippen LogP contribution is 2.34. The molecule has 2 aromatic heterocycles. The summed E-state index contributed by atoms with van der Waals surface area (Å²) >= 11 is 2.93. The van der Waals surface area contributed by atoms with Crippen LogP contribution in [0.15, 0.2) is 46.9 Å². The summed E-state index contributed by atoms with van der Waals surface area (Å²) in [6, 6.07) is 7.88. The highest BCUT2D eigenvalue weighted by Gasteiger charge is 2.22. The number of thioether (sulfide) groups is 1. The fraction of sp³-hybridized carbons (Fsp3) is 0.400. The van der Waals surface area contributed by atoms with Gasteiger partial charge >= 0.3 is 0 Å². The Balaban J connectivity index is 1.50. The number of nitrogens with zero attached hydrogens (tertiary/aromatic N) is 3. The van der Waals surface area contributed by atoms with Gasteiger partial charge in [0, 0.05) is 35.9 Å². The van der Waals surface area contributed by atoms with Gasteiger partial charge in [-0.25, -0.2) is 4.98 Å². The minimum absolute atomic E-state index is 0.0193. The molecule has 1 N–H and O–H groups in total. The molecule has 0 atom stereocenters. The number of anilines is 2. The molecule has 0 saturated heterocycles. The molecule has 0 unspecified atom stereocenters. The molecule has 0 radical (unpaired) electrons. The SMILES string of the molecule is C=CCn1c(SCC(=O)Nc2ccc(N(CC)CC)cc2)nc2sc3c(c2c1=O)CCCC3. The molecular weight excluding hydrogens is 452 g/mol. The Labute approximate surface area is 202 Å². The first-order valence-electron chi connectivity index (χ1n) is 11.5. The van der Waals surface area contributed by atoms with Crippen molar-refractivity contribution < 1.29 is 4.79 Å². The number of amides is 1. The van der Waals surface area contributed by atoms with Crippen molar-refractivity contribution in [2.24, 2.45) is 0 Å². The molecule has 6 nitrogen and oxygen atoms in total. The zero-order valence-corrected chi connectivity index (χ0v) is 20.9. The van der Waals surface area contributed by atoms with Crippen molar-refractivity contribution in [2.45, 2.75) is 51.2 Å². The number of rotatable bonds is 9. The predicted molar refractivity (Wildman–Crippen MR) is 140 cm³/mol. The topological polar surface area (TPSA) is 67.2 Å². The monoisotopic (exact) mass is 482 g/mol. The molecule has 1 aliphatic carbocycles. The number of fused-ring (bicyclic) bond motifs is 3. The first kappa shape index (κ1) is 23.6. The smallest absolute Gasteiger partial charge is 0.263 e. The van der Waals surface area contributed by atoms with E-state index in [0.717, 1.165) is 53.9 Å². The molecule has 1 aromatic carbocycles. The zero-order valence-electron chi connectivity index (χ0n) is 19.2. The van der Waals surface area contributed by atoms with Gasteiger partial charge in [-0.15, -0.1) is 17.9 Å². The van der Waals surface area contributed by atoms with Crippen LogP contribution in [0.2, 0.25) is 0 Å². The van der Waals surface area contributed by atoms with Gasteiger partial charge in [0.05, 0.1) is 11.1 Å². The van der Waals surface area contributed by atoms with Gasteiger partial charge < -0.3 is 10.2 Å². The number of nitrogens with one attached hydrogen (secondary N) is 1. The van der Waals surface area contributed by atoms with Crippen LogP contribution in [-0.4, -0.2) is 34.3 Å². The number of allylic oxidation sites excluding steroid dienone is 1. The van der Waals surface area contributed by atoms with Gasteiger partial charge in [-0.05, 0) is 69.4 Å². The molecule has 0 bridgehead atoms. The normalized spacial score (nSPS) is 13.0. The van der Waals surface area contributed by atoms with Crippen molar-refractivity contribution in [3.8, 4) is 0 Å². The summed E-state index contributed by atoms with van der Waals surface area (Å²) in [6.07, 6.45) is 5.96. The summed E-state index contributed by atoms with van der Waals surface area (Å²) in [6.45, 7) is 10.3. The van der Waals surface area contributed by atoms with Crippen molar-refractivity contribution in [1.29, 1.82) is 0 Å². The van der Waals surface area contributed by atoms with Gasteiger partial charge in [0.15, 0.2) is 5.16 Å². The molecule has 0 aliphatic heterocycles. The zero-order chi connectivity index (χ0) is 23.4. The number of hydrogen-bond donors (Lipinski definition) is 1. The van der Waals surface area contributed by atoms with E-state index < -0.39 is 0 Å². The van der Waals surface area contributed by atoms with Gasteiger partial charge in [-0.3, -0.25) is 14.2 Å². The van der Waals surface area contributed by atoms with Gasteiger partial charge in [-0.2, -0.15) is 0 Å².